The number of nitrogens with one attached hydrogen (secondary N) is 1. The number of hydrogen-bond acceptors (Lipinski definition) is 3. The van der Waals surface area contributed by atoms with Crippen LogP contribution in [0.25, 0.3) is 11.4 Å². The third kappa shape index (κ3) is 5.75. The number of methoxy groups -OCH3 is 1. The molecule has 1 heterocycles. The van der Waals surface area contributed by atoms with Crippen LogP contribution in [0.15, 0.2) is 79.1 Å². The smallest absolute Gasteiger partial charge is 0.247 e. The van der Waals surface area contributed by atoms with Crippen LogP contribution < -0.4 is 5.32 Å². The van der Waals surface area contributed by atoms with Crippen LogP contribution in [0.4, 0.5) is 8.78 Å². The van der Waals surface area contributed by atoms with Gasteiger partial charge in [-0.05, 0) is 47.7 Å². The van der Waals surface area contributed by atoms with Crippen molar-refractivity contribution in [1.82, 2.24) is 14.9 Å². The van der Waals surface area contributed by atoms with Crippen LogP contribution in [0.3, 0.4) is 0 Å². The van der Waals surface area contributed by atoms with Crippen molar-refractivity contribution in [3.05, 3.63) is 112 Å². The molecule has 3 aromatic carbocycles. The molecule has 2 atom stereocenters. The Kier molecular flexibility index (Phi) is 8.38. The van der Waals surface area contributed by atoms with E-state index in [0.717, 1.165) is 43.7 Å². The van der Waals surface area contributed by atoms with Crippen molar-refractivity contribution >= 4 is 17.5 Å². The predicted octanol–water partition coefficient (Wildman–Crippen LogP) is 7.26. The minimum atomic E-state index is -1.06. The summed E-state index contributed by atoms with van der Waals surface area (Å²) in [7, 11) is 1.52. The van der Waals surface area contributed by atoms with Gasteiger partial charge in [-0.2, -0.15) is 0 Å². The maximum atomic E-state index is 15.7. The highest BCUT2D eigenvalue weighted by molar-refractivity contribution is 6.30. The molecule has 5 rings (SSSR count). The van der Waals surface area contributed by atoms with E-state index in [2.05, 4.69) is 10.3 Å². The molecule has 4 aromatic rings. The number of benzene rings is 3. The molecule has 2 unspecified atom stereocenters. The van der Waals surface area contributed by atoms with Gasteiger partial charge in [-0.15, -0.1) is 0 Å². The zero-order valence-corrected chi connectivity index (χ0v) is 22.4. The average molecular weight is 550 g/mol. The Morgan fingerprint density at radius 1 is 1.03 bits per heavy atom. The van der Waals surface area contributed by atoms with E-state index in [1.165, 1.54) is 19.4 Å². The lowest BCUT2D eigenvalue weighted by molar-refractivity contribution is -0.124. The summed E-state index contributed by atoms with van der Waals surface area (Å²) >= 11 is 6.32. The van der Waals surface area contributed by atoms with Gasteiger partial charge in [0, 0.05) is 30.6 Å². The molecule has 1 saturated carbocycles. The first-order valence-corrected chi connectivity index (χ1v) is 13.5. The fraction of sp³-hybridized carbons (Fsp3) is 0.290. The van der Waals surface area contributed by atoms with E-state index < -0.39 is 23.8 Å². The summed E-state index contributed by atoms with van der Waals surface area (Å²) < 4.78 is 37.8. The lowest BCUT2D eigenvalue weighted by atomic mass is 9.94. The molecule has 1 aliphatic carbocycles. The number of imidazole rings is 1. The van der Waals surface area contributed by atoms with Crippen LogP contribution in [0, 0.1) is 11.6 Å². The molecule has 1 aliphatic rings. The number of hydrogen-bond donors (Lipinski definition) is 1. The van der Waals surface area contributed by atoms with E-state index in [1.807, 2.05) is 30.3 Å². The van der Waals surface area contributed by atoms with Crippen molar-refractivity contribution in [2.45, 2.75) is 50.3 Å². The molecule has 1 aromatic heterocycles. The second kappa shape index (κ2) is 12.1. The summed E-state index contributed by atoms with van der Waals surface area (Å²) in [5, 5.41) is 3.64. The Balaban J connectivity index is 1.65. The van der Waals surface area contributed by atoms with Crippen molar-refractivity contribution in [3.8, 4) is 11.4 Å². The van der Waals surface area contributed by atoms with Gasteiger partial charge in [-0.25, -0.2) is 13.8 Å². The normalized spacial score (nSPS) is 15.6. The number of ether oxygens (including phenoxy) is 1. The fourth-order valence-corrected chi connectivity index (χ4v) is 5.64. The molecule has 202 valence electrons. The lowest BCUT2D eigenvalue weighted by Gasteiger charge is -2.28. The lowest BCUT2D eigenvalue weighted by Crippen LogP contribution is -2.41. The number of nitrogens with zero attached hydrogens (tertiary/aromatic N) is 2. The molecule has 8 heteroatoms. The molecular weight excluding hydrogens is 520 g/mol. The highest BCUT2D eigenvalue weighted by Gasteiger charge is 2.31. The minimum Gasteiger partial charge on any atom is -0.372 e. The van der Waals surface area contributed by atoms with E-state index in [0.29, 0.717) is 16.1 Å². The third-order valence-corrected chi connectivity index (χ3v) is 7.52. The van der Waals surface area contributed by atoms with Gasteiger partial charge < -0.3 is 14.6 Å². The van der Waals surface area contributed by atoms with E-state index in [4.69, 9.17) is 16.3 Å². The summed E-state index contributed by atoms with van der Waals surface area (Å²) in [6.45, 7) is 0. The molecule has 39 heavy (non-hydrogen) atoms. The largest absolute Gasteiger partial charge is 0.372 e. The fourth-order valence-electron chi connectivity index (χ4n) is 5.44. The van der Waals surface area contributed by atoms with Gasteiger partial charge in [0.1, 0.15) is 18.0 Å². The van der Waals surface area contributed by atoms with Gasteiger partial charge in [0.15, 0.2) is 11.6 Å². The zero-order chi connectivity index (χ0) is 27.4. The van der Waals surface area contributed by atoms with Gasteiger partial charge in [0.2, 0.25) is 5.91 Å². The Morgan fingerprint density at radius 3 is 2.49 bits per heavy atom. The van der Waals surface area contributed by atoms with Crippen LogP contribution in [0.1, 0.15) is 60.9 Å². The highest BCUT2D eigenvalue weighted by atomic mass is 35.5. The number of carbonyl (C=O) groups is 1. The number of aromatic nitrogens is 2. The van der Waals surface area contributed by atoms with Gasteiger partial charge in [-0.1, -0.05) is 79.4 Å². The minimum absolute atomic E-state index is 0.0531. The van der Waals surface area contributed by atoms with Crippen molar-refractivity contribution in [2.75, 3.05) is 7.11 Å². The summed E-state index contributed by atoms with van der Waals surface area (Å²) in [6.07, 6.45) is 7.47. The molecule has 5 nitrogen and oxygen atoms in total. The predicted molar refractivity (Wildman–Crippen MR) is 147 cm³/mol. The van der Waals surface area contributed by atoms with Crippen LogP contribution in [-0.4, -0.2) is 28.6 Å². The molecule has 1 fully saturated rings. The van der Waals surface area contributed by atoms with Crippen LogP contribution in [0.5, 0.6) is 0 Å². The van der Waals surface area contributed by atoms with E-state index >= 15 is 4.39 Å². The van der Waals surface area contributed by atoms with Crippen molar-refractivity contribution < 1.29 is 18.3 Å². The summed E-state index contributed by atoms with van der Waals surface area (Å²) in [6, 6.07) is 18.0. The first kappa shape index (κ1) is 27.0. The number of rotatable bonds is 8. The summed E-state index contributed by atoms with van der Waals surface area (Å²) in [5.41, 5.74) is 1.72. The molecule has 0 spiro atoms. The SMILES string of the molecule is COC(c1ccccc1)c1ccc(F)c(F)c1-c1nccn1C(C(=O)NC1CCCCC1)c1cccc(Cl)c1. The third-order valence-electron chi connectivity index (χ3n) is 7.28. The molecule has 0 aliphatic heterocycles. The van der Waals surface area contributed by atoms with Crippen molar-refractivity contribution in [3.63, 3.8) is 0 Å². The maximum absolute atomic E-state index is 15.7. The topological polar surface area (TPSA) is 56.2 Å². The Labute approximate surface area is 231 Å². The Bertz CT molecular complexity index is 1440. The van der Waals surface area contributed by atoms with E-state index in [9.17, 15) is 9.18 Å². The highest BCUT2D eigenvalue weighted by Crippen LogP contribution is 2.38. The van der Waals surface area contributed by atoms with E-state index in [-0.39, 0.29) is 23.3 Å². The zero-order valence-electron chi connectivity index (χ0n) is 21.6. The Hall–Kier alpha value is -3.55. The average Bonchev–Trinajstić information content (AvgIpc) is 3.41. The van der Waals surface area contributed by atoms with Crippen molar-refractivity contribution in [1.29, 1.82) is 0 Å². The first-order valence-electron chi connectivity index (χ1n) is 13.1. The molecule has 0 bridgehead atoms. The van der Waals surface area contributed by atoms with Gasteiger partial charge in [0.05, 0.1) is 5.56 Å². The van der Waals surface area contributed by atoms with E-state index in [1.54, 1.807) is 35.0 Å². The Morgan fingerprint density at radius 2 is 1.77 bits per heavy atom. The van der Waals surface area contributed by atoms with Crippen LogP contribution >= 0.6 is 11.6 Å². The molecule has 0 radical (unpaired) electrons. The molecule has 0 saturated heterocycles. The first-order chi connectivity index (χ1) is 19.0. The van der Waals surface area contributed by atoms with Gasteiger partial charge >= 0.3 is 0 Å². The standard InChI is InChI=1S/C31H30ClF2N3O2/c1-39-29(20-9-4-2-5-10-20)24-15-16-25(33)27(34)26(24)30-35-17-18-37(30)28(21-11-8-12-22(32)19-21)31(38)36-23-13-6-3-7-14-23/h2,4-5,8-12,15-19,23,28-29H,3,6-7,13-14H2,1H3,(H,36,38). The van der Waals surface area contributed by atoms with Gasteiger partial charge in [0.25, 0.3) is 0 Å². The molecule has 1 amide bonds. The van der Waals surface area contributed by atoms with Crippen LogP contribution in [-0.2, 0) is 9.53 Å². The second-order valence-corrected chi connectivity index (χ2v) is 10.2. The quantitative estimate of drug-likeness (QED) is 0.252. The van der Waals surface area contributed by atoms with Gasteiger partial charge in [-0.3, -0.25) is 4.79 Å². The number of halogens is 3. The second-order valence-electron chi connectivity index (χ2n) is 9.81. The van der Waals surface area contributed by atoms with Crippen molar-refractivity contribution in [2.24, 2.45) is 0 Å². The maximum Gasteiger partial charge on any atom is 0.247 e. The number of amides is 1. The molecular formula is C31H30ClF2N3O2. The van der Waals surface area contributed by atoms with Crippen LogP contribution in [0.2, 0.25) is 5.02 Å². The monoisotopic (exact) mass is 549 g/mol. The molecule has 1 N–H and O–H groups in total. The summed E-state index contributed by atoms with van der Waals surface area (Å²) in [5.74, 6) is -2.22. The number of carbonyl (C=O) groups excluding carboxylic acids is 1. The summed E-state index contributed by atoms with van der Waals surface area (Å²) in [4.78, 5) is 18.3.